The molecule has 0 aliphatic heterocycles. The second kappa shape index (κ2) is 8.49. The highest BCUT2D eigenvalue weighted by Gasteiger charge is 2.09. The van der Waals surface area contributed by atoms with Crippen molar-refractivity contribution in [2.75, 3.05) is 16.0 Å². The van der Waals surface area contributed by atoms with E-state index in [1.165, 1.54) is 19.3 Å². The maximum absolute atomic E-state index is 12.3. The summed E-state index contributed by atoms with van der Waals surface area (Å²) in [5, 5.41) is 9.14. The molecule has 142 valence electrons. The molecule has 0 fully saturated rings. The summed E-state index contributed by atoms with van der Waals surface area (Å²) in [5.74, 6) is -0.130. The molecule has 1 aromatic heterocycles. The molecular formula is C20H18ClN5O2. The number of amides is 2. The van der Waals surface area contributed by atoms with Gasteiger partial charge in [0.15, 0.2) is 0 Å². The number of halogens is 1. The minimum atomic E-state index is -0.335. The largest absolute Gasteiger partial charge is 0.326 e. The molecule has 2 amide bonds. The van der Waals surface area contributed by atoms with Crippen molar-refractivity contribution in [3.63, 3.8) is 0 Å². The molecule has 8 heteroatoms. The van der Waals surface area contributed by atoms with Crippen molar-refractivity contribution in [2.45, 2.75) is 13.8 Å². The lowest BCUT2D eigenvalue weighted by molar-refractivity contribution is -0.114. The highest BCUT2D eigenvalue weighted by molar-refractivity contribution is 6.31. The predicted molar refractivity (Wildman–Crippen MR) is 110 cm³/mol. The van der Waals surface area contributed by atoms with E-state index >= 15 is 0 Å². The van der Waals surface area contributed by atoms with Gasteiger partial charge < -0.3 is 16.0 Å². The Labute approximate surface area is 167 Å². The summed E-state index contributed by atoms with van der Waals surface area (Å²) in [7, 11) is 0. The van der Waals surface area contributed by atoms with Crippen LogP contribution < -0.4 is 16.0 Å². The first-order valence-electron chi connectivity index (χ1n) is 8.45. The van der Waals surface area contributed by atoms with Crippen LogP contribution in [0.1, 0.15) is 22.8 Å². The van der Waals surface area contributed by atoms with Crippen molar-refractivity contribution in [1.29, 1.82) is 0 Å². The number of rotatable bonds is 5. The SMILES string of the molecule is CC(=O)Nc1ccc(NC(=O)c2cnc(Nc3cccc(Cl)c3C)nc2)cc1. The van der Waals surface area contributed by atoms with Crippen LogP contribution in [0.25, 0.3) is 0 Å². The Hall–Kier alpha value is -3.45. The van der Waals surface area contributed by atoms with E-state index in [2.05, 4.69) is 25.9 Å². The number of carbonyl (C=O) groups is 2. The third kappa shape index (κ3) is 4.83. The Morgan fingerprint density at radius 1 is 0.929 bits per heavy atom. The molecule has 0 atom stereocenters. The first-order valence-corrected chi connectivity index (χ1v) is 8.83. The third-order valence-electron chi connectivity index (χ3n) is 3.89. The number of benzene rings is 2. The molecule has 3 N–H and O–H groups in total. The van der Waals surface area contributed by atoms with E-state index in [0.29, 0.717) is 27.9 Å². The first kappa shape index (κ1) is 19.3. The molecule has 28 heavy (non-hydrogen) atoms. The molecule has 0 spiro atoms. The monoisotopic (exact) mass is 395 g/mol. The fourth-order valence-electron chi connectivity index (χ4n) is 2.42. The fraction of sp³-hybridized carbons (Fsp3) is 0.100. The van der Waals surface area contributed by atoms with E-state index in [0.717, 1.165) is 11.3 Å². The maximum atomic E-state index is 12.3. The summed E-state index contributed by atoms with van der Waals surface area (Å²) in [6, 6.07) is 12.3. The summed E-state index contributed by atoms with van der Waals surface area (Å²) in [6.45, 7) is 3.32. The normalized spacial score (nSPS) is 10.2. The number of anilines is 4. The van der Waals surface area contributed by atoms with Crippen LogP contribution in [0.15, 0.2) is 54.9 Å². The third-order valence-corrected chi connectivity index (χ3v) is 4.30. The minimum absolute atomic E-state index is 0.157. The molecule has 0 radical (unpaired) electrons. The summed E-state index contributed by atoms with van der Waals surface area (Å²) >= 11 is 6.10. The molecular weight excluding hydrogens is 378 g/mol. The van der Waals surface area contributed by atoms with E-state index in [9.17, 15) is 9.59 Å². The standard InChI is InChI=1S/C20H18ClN5O2/c1-12-17(21)4-3-5-18(12)26-20-22-10-14(11-23-20)19(28)25-16-8-6-15(7-9-16)24-13(2)27/h3-11H,1-2H3,(H,24,27)(H,25,28)(H,22,23,26). The van der Waals surface area contributed by atoms with Crippen molar-refractivity contribution >= 4 is 46.4 Å². The Kier molecular flexibility index (Phi) is 5.86. The second-order valence-electron chi connectivity index (χ2n) is 6.05. The van der Waals surface area contributed by atoms with Gasteiger partial charge in [0, 0.05) is 41.4 Å². The lowest BCUT2D eigenvalue weighted by Crippen LogP contribution is -2.13. The number of hydrogen-bond donors (Lipinski definition) is 3. The second-order valence-corrected chi connectivity index (χ2v) is 6.45. The van der Waals surface area contributed by atoms with Gasteiger partial charge in [-0.15, -0.1) is 0 Å². The van der Waals surface area contributed by atoms with E-state index in [1.807, 2.05) is 19.1 Å². The van der Waals surface area contributed by atoms with Crippen LogP contribution in [-0.4, -0.2) is 21.8 Å². The highest BCUT2D eigenvalue weighted by atomic mass is 35.5. The molecule has 0 saturated heterocycles. The van der Waals surface area contributed by atoms with Crippen molar-refractivity contribution in [1.82, 2.24) is 9.97 Å². The van der Waals surface area contributed by atoms with Gasteiger partial charge in [0.05, 0.1) is 5.56 Å². The topological polar surface area (TPSA) is 96.0 Å². The van der Waals surface area contributed by atoms with Crippen molar-refractivity contribution in [3.8, 4) is 0 Å². The van der Waals surface area contributed by atoms with Crippen LogP contribution in [0.3, 0.4) is 0 Å². The quantitative estimate of drug-likeness (QED) is 0.595. The summed E-state index contributed by atoms with van der Waals surface area (Å²) in [6.07, 6.45) is 2.88. The van der Waals surface area contributed by atoms with Gasteiger partial charge in [0.25, 0.3) is 5.91 Å². The molecule has 0 aliphatic carbocycles. The van der Waals surface area contributed by atoms with Crippen LogP contribution in [0.4, 0.5) is 23.0 Å². The van der Waals surface area contributed by atoms with Gasteiger partial charge >= 0.3 is 0 Å². The van der Waals surface area contributed by atoms with Crippen LogP contribution in [-0.2, 0) is 4.79 Å². The van der Waals surface area contributed by atoms with Gasteiger partial charge in [-0.05, 0) is 48.9 Å². The van der Waals surface area contributed by atoms with Gasteiger partial charge in [-0.1, -0.05) is 17.7 Å². The smallest absolute Gasteiger partial charge is 0.258 e. The fourth-order valence-corrected chi connectivity index (χ4v) is 2.59. The van der Waals surface area contributed by atoms with Crippen LogP contribution in [0.5, 0.6) is 0 Å². The number of nitrogens with one attached hydrogen (secondary N) is 3. The van der Waals surface area contributed by atoms with E-state index in [4.69, 9.17) is 11.6 Å². The Balaban J connectivity index is 1.65. The van der Waals surface area contributed by atoms with Gasteiger partial charge in [-0.3, -0.25) is 9.59 Å². The zero-order valence-electron chi connectivity index (χ0n) is 15.3. The zero-order valence-corrected chi connectivity index (χ0v) is 16.0. The lowest BCUT2D eigenvalue weighted by atomic mass is 10.2. The lowest BCUT2D eigenvalue weighted by Gasteiger charge is -2.10. The predicted octanol–water partition coefficient (Wildman–Crippen LogP) is 4.39. The number of hydrogen-bond acceptors (Lipinski definition) is 5. The molecule has 3 aromatic rings. The molecule has 2 aromatic carbocycles. The minimum Gasteiger partial charge on any atom is -0.326 e. The molecule has 0 bridgehead atoms. The van der Waals surface area contributed by atoms with Gasteiger partial charge in [-0.2, -0.15) is 0 Å². The van der Waals surface area contributed by atoms with E-state index < -0.39 is 0 Å². The van der Waals surface area contributed by atoms with Crippen molar-refractivity contribution < 1.29 is 9.59 Å². The Morgan fingerprint density at radius 3 is 2.14 bits per heavy atom. The van der Waals surface area contributed by atoms with Crippen molar-refractivity contribution in [2.24, 2.45) is 0 Å². The maximum Gasteiger partial charge on any atom is 0.258 e. The van der Waals surface area contributed by atoms with Crippen LogP contribution >= 0.6 is 11.6 Å². The molecule has 1 heterocycles. The average molecular weight is 396 g/mol. The Morgan fingerprint density at radius 2 is 1.54 bits per heavy atom. The average Bonchev–Trinajstić information content (AvgIpc) is 2.67. The summed E-state index contributed by atoms with van der Waals surface area (Å²) < 4.78 is 0. The summed E-state index contributed by atoms with van der Waals surface area (Å²) in [5.41, 5.74) is 3.25. The van der Waals surface area contributed by atoms with Crippen molar-refractivity contribution in [3.05, 3.63) is 71.0 Å². The van der Waals surface area contributed by atoms with Crippen LogP contribution in [0, 0.1) is 6.92 Å². The number of aromatic nitrogens is 2. The van der Waals surface area contributed by atoms with Gasteiger partial charge in [0.1, 0.15) is 0 Å². The molecule has 3 rings (SSSR count). The van der Waals surface area contributed by atoms with Gasteiger partial charge in [-0.25, -0.2) is 9.97 Å². The Bertz CT molecular complexity index is 1000. The first-order chi connectivity index (χ1) is 13.4. The molecule has 0 aliphatic rings. The highest BCUT2D eigenvalue weighted by Crippen LogP contribution is 2.24. The van der Waals surface area contributed by atoms with E-state index in [-0.39, 0.29) is 11.8 Å². The number of carbonyl (C=O) groups excluding carboxylic acids is 2. The van der Waals surface area contributed by atoms with Gasteiger partial charge in [0.2, 0.25) is 11.9 Å². The molecule has 7 nitrogen and oxygen atoms in total. The molecule has 0 saturated carbocycles. The van der Waals surface area contributed by atoms with Crippen LogP contribution in [0.2, 0.25) is 5.02 Å². The van der Waals surface area contributed by atoms with E-state index in [1.54, 1.807) is 30.3 Å². The summed E-state index contributed by atoms with van der Waals surface area (Å²) in [4.78, 5) is 31.7. The zero-order chi connectivity index (χ0) is 20.1. The number of nitrogens with zero attached hydrogens (tertiary/aromatic N) is 2. The molecule has 0 unspecified atom stereocenters.